The van der Waals surface area contributed by atoms with Crippen molar-refractivity contribution in [3.8, 4) is 0 Å². The quantitative estimate of drug-likeness (QED) is 0.0992. The molecule has 2 aliphatic heterocycles. The number of para-hydroxylation sites is 2. The van der Waals surface area contributed by atoms with Gasteiger partial charge in [0.05, 0.1) is 33.6 Å². The molecular weight excluding hydrogens is 746 g/mol. The highest BCUT2D eigenvalue weighted by molar-refractivity contribution is 6.57. The van der Waals surface area contributed by atoms with E-state index in [1.807, 2.05) is 0 Å². The molecule has 0 atom stereocenters. The minimum Gasteiger partial charge on any atom is -0.396 e. The van der Waals surface area contributed by atoms with E-state index in [-0.39, 0.29) is 68.4 Å². The van der Waals surface area contributed by atoms with E-state index in [4.69, 9.17) is 46.4 Å². The number of hydrogen-bond donors (Lipinski definition) is 2. The van der Waals surface area contributed by atoms with E-state index in [2.05, 4.69) is 0 Å². The van der Waals surface area contributed by atoms with E-state index in [1.165, 1.54) is 24.3 Å². The van der Waals surface area contributed by atoms with Gasteiger partial charge in [0.25, 0.3) is 23.6 Å². The van der Waals surface area contributed by atoms with Crippen LogP contribution in [-0.2, 0) is 12.8 Å². The summed E-state index contributed by atoms with van der Waals surface area (Å²) in [5.74, 6) is -2.46. The standard InChI is InChI=1S/C40H22Cl4N2O6/c41-23-13-19-29-20(38(50)45(37(19)49)27-7-3-1-5-17(27)9-11-47)14-24(42)32-34-26(44)16-22-30-21(15-25(43)33(36(30)34)31(23)35(29)32)39(51)46(40(22)52)28-8-4-2-6-18(28)10-12-48/h1-8,13-16,47-48H,9-12H2. The average molecular weight is 768 g/mol. The lowest BCUT2D eigenvalue weighted by atomic mass is 9.81. The molecule has 0 fully saturated rings. The number of rotatable bonds is 6. The predicted octanol–water partition coefficient (Wildman–Crippen LogP) is 9.02. The Kier molecular flexibility index (Phi) is 7.54. The number of carbonyl (C=O) groups is 4. The van der Waals surface area contributed by atoms with Gasteiger partial charge in [0.2, 0.25) is 0 Å². The predicted molar refractivity (Wildman–Crippen MR) is 204 cm³/mol. The molecule has 0 spiro atoms. The summed E-state index contributed by atoms with van der Waals surface area (Å²) in [5.41, 5.74) is 2.47. The number of aliphatic hydroxyl groups excluding tert-OH is 2. The molecule has 4 amide bonds. The largest absolute Gasteiger partial charge is 0.396 e. The van der Waals surface area contributed by atoms with Crippen LogP contribution in [0.1, 0.15) is 52.6 Å². The highest BCUT2D eigenvalue weighted by Crippen LogP contribution is 2.54. The van der Waals surface area contributed by atoms with Crippen LogP contribution < -0.4 is 9.80 Å². The Hall–Kier alpha value is -4.80. The van der Waals surface area contributed by atoms with Crippen LogP contribution in [0.15, 0.2) is 72.8 Å². The number of aliphatic hydroxyl groups is 2. The van der Waals surface area contributed by atoms with Gasteiger partial charge in [-0.3, -0.25) is 19.2 Å². The number of benzene rings is 7. The molecule has 0 aliphatic carbocycles. The third-order valence-electron chi connectivity index (χ3n) is 10.1. The number of hydrogen-bond acceptors (Lipinski definition) is 6. The molecule has 12 heteroatoms. The zero-order chi connectivity index (χ0) is 36.3. The number of amides is 4. The second-order valence-electron chi connectivity index (χ2n) is 12.7. The first kappa shape index (κ1) is 33.1. The summed E-state index contributed by atoms with van der Waals surface area (Å²) in [4.78, 5) is 59.5. The van der Waals surface area contributed by atoms with Gasteiger partial charge >= 0.3 is 0 Å². The molecule has 2 N–H and O–H groups in total. The van der Waals surface area contributed by atoms with Crippen molar-refractivity contribution < 1.29 is 29.4 Å². The summed E-state index contributed by atoms with van der Waals surface area (Å²) in [6.45, 7) is -0.377. The molecule has 0 unspecified atom stereocenters. The molecule has 2 aliphatic rings. The minimum atomic E-state index is -0.615. The summed E-state index contributed by atoms with van der Waals surface area (Å²) < 4.78 is 0. The van der Waals surface area contributed by atoms with Crippen LogP contribution in [0.25, 0.3) is 43.1 Å². The van der Waals surface area contributed by atoms with Gasteiger partial charge in [-0.25, -0.2) is 9.80 Å². The molecule has 0 saturated carbocycles. The third-order valence-corrected chi connectivity index (χ3v) is 11.3. The van der Waals surface area contributed by atoms with Gasteiger partial charge in [-0.15, -0.1) is 0 Å². The summed E-state index contributed by atoms with van der Waals surface area (Å²) in [7, 11) is 0. The van der Waals surface area contributed by atoms with Crippen LogP contribution in [0.4, 0.5) is 11.4 Å². The van der Waals surface area contributed by atoms with E-state index < -0.39 is 23.6 Å². The van der Waals surface area contributed by atoms with Crippen LogP contribution >= 0.6 is 46.4 Å². The van der Waals surface area contributed by atoms with Crippen LogP contribution in [0.3, 0.4) is 0 Å². The van der Waals surface area contributed by atoms with Gasteiger partial charge in [0.1, 0.15) is 0 Å². The topological polar surface area (TPSA) is 115 Å². The number of imide groups is 2. The maximum absolute atomic E-state index is 14.3. The summed E-state index contributed by atoms with van der Waals surface area (Å²) in [6, 6.07) is 19.7. The Balaban J connectivity index is 1.37. The molecule has 9 rings (SSSR count). The van der Waals surface area contributed by atoms with Gasteiger partial charge < -0.3 is 10.2 Å². The van der Waals surface area contributed by atoms with Crippen molar-refractivity contribution in [1.82, 2.24) is 0 Å². The molecule has 256 valence electrons. The minimum absolute atomic E-state index is 0.126. The van der Waals surface area contributed by atoms with Crippen molar-refractivity contribution in [2.75, 3.05) is 23.0 Å². The van der Waals surface area contributed by atoms with Crippen molar-refractivity contribution in [3.05, 3.63) is 126 Å². The number of nitrogens with zero attached hydrogens (tertiary/aromatic N) is 2. The van der Waals surface area contributed by atoms with Crippen molar-refractivity contribution in [3.63, 3.8) is 0 Å². The Labute approximate surface area is 314 Å². The normalized spacial score (nSPS) is 14.3. The van der Waals surface area contributed by atoms with E-state index in [9.17, 15) is 29.4 Å². The maximum Gasteiger partial charge on any atom is 0.266 e. The summed E-state index contributed by atoms with van der Waals surface area (Å²) in [6.07, 6.45) is 0.434. The van der Waals surface area contributed by atoms with Gasteiger partial charge in [-0.2, -0.15) is 0 Å². The molecule has 7 aromatic rings. The maximum atomic E-state index is 14.3. The fraction of sp³-hybridized carbons (Fsp3) is 0.100. The Bertz CT molecular complexity index is 2490. The smallest absolute Gasteiger partial charge is 0.266 e. The van der Waals surface area contributed by atoms with E-state index in [0.717, 1.165) is 9.80 Å². The highest BCUT2D eigenvalue weighted by Gasteiger charge is 2.41. The van der Waals surface area contributed by atoms with Gasteiger partial charge in [0, 0.05) is 76.4 Å². The number of anilines is 2. The fourth-order valence-corrected chi connectivity index (χ4v) is 9.21. The van der Waals surface area contributed by atoms with Crippen molar-refractivity contribution in [2.45, 2.75) is 12.8 Å². The van der Waals surface area contributed by atoms with Crippen LogP contribution in [0.2, 0.25) is 20.1 Å². The molecule has 7 aromatic carbocycles. The molecule has 8 nitrogen and oxygen atoms in total. The van der Waals surface area contributed by atoms with Crippen molar-refractivity contribution in [2.24, 2.45) is 0 Å². The van der Waals surface area contributed by atoms with E-state index in [0.29, 0.717) is 65.6 Å². The lowest BCUT2D eigenvalue weighted by molar-refractivity contribution is 0.0877. The van der Waals surface area contributed by atoms with E-state index in [1.54, 1.807) is 48.5 Å². The van der Waals surface area contributed by atoms with Crippen LogP contribution in [0.5, 0.6) is 0 Å². The first-order valence-corrected chi connectivity index (χ1v) is 17.7. The van der Waals surface area contributed by atoms with Crippen LogP contribution in [0, 0.1) is 0 Å². The van der Waals surface area contributed by atoms with Crippen molar-refractivity contribution in [1.29, 1.82) is 0 Å². The third kappa shape index (κ3) is 4.31. The number of carbonyl (C=O) groups excluding carboxylic acids is 4. The summed E-state index contributed by atoms with van der Waals surface area (Å²) >= 11 is 28.4. The number of fused-ring (bicyclic) bond motifs is 2. The summed E-state index contributed by atoms with van der Waals surface area (Å²) in [5, 5.41) is 22.8. The molecule has 2 heterocycles. The lowest BCUT2D eigenvalue weighted by Crippen LogP contribution is -2.41. The zero-order valence-electron chi connectivity index (χ0n) is 26.7. The second-order valence-corrected chi connectivity index (χ2v) is 14.3. The number of halogens is 4. The zero-order valence-corrected chi connectivity index (χ0v) is 29.7. The Morgan fingerprint density at radius 2 is 0.712 bits per heavy atom. The molecular formula is C40H22Cl4N2O6. The first-order valence-electron chi connectivity index (χ1n) is 16.2. The van der Waals surface area contributed by atoms with Gasteiger partial charge in [-0.05, 0) is 60.4 Å². The molecule has 0 aromatic heterocycles. The Morgan fingerprint density at radius 1 is 0.423 bits per heavy atom. The molecule has 0 saturated heterocycles. The van der Waals surface area contributed by atoms with Gasteiger partial charge in [-0.1, -0.05) is 82.8 Å². The second kappa shape index (κ2) is 11.9. The molecule has 52 heavy (non-hydrogen) atoms. The Morgan fingerprint density at radius 3 is 1.00 bits per heavy atom. The van der Waals surface area contributed by atoms with Crippen LogP contribution in [-0.4, -0.2) is 47.1 Å². The SMILES string of the molecule is O=C1c2cc(Cl)c3c4c(Cl)cc5c6c(cc(Cl)c(c7c(Cl)cc(c2c37)C(=O)N1c1ccccc1CCO)c64)C(=O)N(c1ccccc1CCO)C5=O. The van der Waals surface area contributed by atoms with E-state index >= 15 is 0 Å². The molecule has 0 radical (unpaired) electrons. The van der Waals surface area contributed by atoms with Gasteiger partial charge in [0.15, 0.2) is 0 Å². The molecule has 0 bridgehead atoms. The highest BCUT2D eigenvalue weighted by atomic mass is 35.5. The van der Waals surface area contributed by atoms with Crippen molar-refractivity contribution >= 4 is 124 Å². The lowest BCUT2D eigenvalue weighted by Gasteiger charge is -2.32. The monoisotopic (exact) mass is 766 g/mol. The first-order chi connectivity index (χ1) is 25.1. The fourth-order valence-electron chi connectivity index (χ4n) is 8.02. The average Bonchev–Trinajstić information content (AvgIpc) is 3.12.